The second kappa shape index (κ2) is 31.9. The summed E-state index contributed by atoms with van der Waals surface area (Å²) in [7, 11) is 0. The van der Waals surface area contributed by atoms with Crippen molar-refractivity contribution in [3.63, 3.8) is 0 Å². The van der Waals surface area contributed by atoms with E-state index < -0.39 is 0 Å². The maximum absolute atomic E-state index is 9.35. The number of aromatic hydroxyl groups is 1. The van der Waals surface area contributed by atoms with Gasteiger partial charge in [-0.2, -0.15) is 0 Å². The lowest BCUT2D eigenvalue weighted by Crippen LogP contribution is -1.86. The van der Waals surface area contributed by atoms with Crippen LogP contribution in [0.5, 0.6) is 5.75 Å². The number of hydrogen-bond donors (Lipinski definition) is 1. The lowest BCUT2D eigenvalue weighted by Gasteiger charge is -2.05. The Bertz CT molecular complexity index is 606. The molecule has 1 aromatic rings. The fraction of sp³-hybridized carbons (Fsp3) is 0.850. The highest BCUT2D eigenvalue weighted by Gasteiger charge is 1.98. The summed E-state index contributed by atoms with van der Waals surface area (Å²) in [6.45, 7) is 2.31. The summed E-state index contributed by atoms with van der Waals surface area (Å²) in [5.41, 5.74) is 1.35. The molecule has 1 rings (SSSR count). The highest BCUT2D eigenvalue weighted by Crippen LogP contribution is 2.17. The van der Waals surface area contributed by atoms with Gasteiger partial charge in [-0.3, -0.25) is 0 Å². The lowest BCUT2D eigenvalue weighted by atomic mass is 10.0. The summed E-state index contributed by atoms with van der Waals surface area (Å²) in [4.78, 5) is 0. The molecular weight excluding hydrogens is 496 g/mol. The van der Waals surface area contributed by atoms with Crippen molar-refractivity contribution in [2.24, 2.45) is 0 Å². The lowest BCUT2D eigenvalue weighted by molar-refractivity contribution is 0.475. The zero-order valence-corrected chi connectivity index (χ0v) is 28.1. The Labute approximate surface area is 259 Å². The highest BCUT2D eigenvalue weighted by atomic mass is 16.3. The van der Waals surface area contributed by atoms with E-state index in [1.807, 2.05) is 0 Å². The van der Waals surface area contributed by atoms with Gasteiger partial charge in [0.25, 0.3) is 0 Å². The third-order valence-corrected chi connectivity index (χ3v) is 9.26. The van der Waals surface area contributed by atoms with Crippen LogP contribution in [-0.4, -0.2) is 5.11 Å². The normalized spacial score (nSPS) is 11.4. The first-order valence-electron chi connectivity index (χ1n) is 19.1. The molecular formula is C40H74O. The van der Waals surface area contributed by atoms with Crippen LogP contribution in [0.4, 0.5) is 0 Å². The molecule has 0 aliphatic rings. The Morgan fingerprint density at radius 1 is 0.317 bits per heavy atom. The summed E-state index contributed by atoms with van der Waals surface area (Å²) in [6.07, 6.45) is 47.7. The van der Waals surface area contributed by atoms with Crippen LogP contribution in [0.15, 0.2) is 24.3 Å². The molecule has 1 aromatic carbocycles. The summed E-state index contributed by atoms with van der Waals surface area (Å²) in [5.74, 6) is 0.375. The van der Waals surface area contributed by atoms with E-state index in [0.717, 1.165) is 6.42 Å². The van der Waals surface area contributed by atoms with Gasteiger partial charge < -0.3 is 5.11 Å². The summed E-state index contributed by atoms with van der Waals surface area (Å²) in [5, 5.41) is 9.35. The minimum atomic E-state index is 0.375. The molecule has 0 fully saturated rings. The quantitative estimate of drug-likeness (QED) is 0.0833. The molecule has 1 heteroatoms. The molecule has 0 saturated carbocycles. The largest absolute Gasteiger partial charge is 0.508 e. The number of phenols is 1. The van der Waals surface area contributed by atoms with Crippen LogP contribution < -0.4 is 0 Å². The van der Waals surface area contributed by atoms with Crippen LogP contribution >= 0.6 is 0 Å². The van der Waals surface area contributed by atoms with Crippen molar-refractivity contribution >= 4 is 0 Å². The number of aryl methyl sites for hydroxylation is 1. The van der Waals surface area contributed by atoms with Gasteiger partial charge in [0, 0.05) is 0 Å². The molecule has 41 heavy (non-hydrogen) atoms. The number of benzene rings is 1. The fourth-order valence-electron chi connectivity index (χ4n) is 6.37. The molecule has 0 bridgehead atoms. The number of hydrogen-bond acceptors (Lipinski definition) is 1. The maximum atomic E-state index is 9.35. The Morgan fingerprint density at radius 2 is 0.537 bits per heavy atom. The Hall–Kier alpha value is -0.980. The van der Waals surface area contributed by atoms with Crippen molar-refractivity contribution in [3.8, 4) is 5.75 Å². The number of rotatable bonds is 33. The average Bonchev–Trinajstić information content (AvgIpc) is 2.98. The van der Waals surface area contributed by atoms with E-state index in [0.29, 0.717) is 5.75 Å². The van der Waals surface area contributed by atoms with Gasteiger partial charge in [-0.05, 0) is 30.5 Å². The van der Waals surface area contributed by atoms with E-state index in [2.05, 4.69) is 19.1 Å². The molecule has 0 amide bonds. The van der Waals surface area contributed by atoms with Gasteiger partial charge in [0.1, 0.15) is 5.75 Å². The second-order valence-corrected chi connectivity index (χ2v) is 13.4. The van der Waals surface area contributed by atoms with Crippen molar-refractivity contribution in [1.29, 1.82) is 0 Å². The van der Waals surface area contributed by atoms with E-state index in [1.165, 1.54) is 211 Å². The molecule has 0 atom stereocenters. The van der Waals surface area contributed by atoms with Gasteiger partial charge in [0.2, 0.25) is 0 Å². The zero-order chi connectivity index (χ0) is 29.3. The van der Waals surface area contributed by atoms with Gasteiger partial charge in [-0.1, -0.05) is 218 Å². The Kier molecular flexibility index (Phi) is 29.6. The first kappa shape index (κ1) is 38.0. The molecule has 1 N–H and O–H groups in total. The Morgan fingerprint density at radius 3 is 0.780 bits per heavy atom. The first-order chi connectivity index (χ1) is 20.3. The fourth-order valence-corrected chi connectivity index (χ4v) is 6.37. The Balaban J connectivity index is 1.63. The first-order valence-corrected chi connectivity index (χ1v) is 19.1. The van der Waals surface area contributed by atoms with Gasteiger partial charge in [0.15, 0.2) is 0 Å². The average molecular weight is 571 g/mol. The van der Waals surface area contributed by atoms with Gasteiger partial charge in [0.05, 0.1) is 0 Å². The van der Waals surface area contributed by atoms with Crippen molar-refractivity contribution in [2.75, 3.05) is 0 Å². The standard InChI is InChI=1S/C40H74O/c1-2-3-4-5-6-7-8-9-10-11-12-13-14-15-16-17-18-19-20-21-22-23-24-25-26-27-28-29-30-31-32-33-34-39-35-37-40(41)38-36-39/h35-38,41H,2-34H2,1H3. The zero-order valence-electron chi connectivity index (χ0n) is 28.1. The molecule has 0 aliphatic heterocycles. The van der Waals surface area contributed by atoms with Crippen molar-refractivity contribution < 1.29 is 5.11 Å². The van der Waals surface area contributed by atoms with Gasteiger partial charge in [-0.25, -0.2) is 0 Å². The molecule has 0 aliphatic carbocycles. The molecule has 0 radical (unpaired) electrons. The van der Waals surface area contributed by atoms with Gasteiger partial charge >= 0.3 is 0 Å². The van der Waals surface area contributed by atoms with Crippen LogP contribution in [0.25, 0.3) is 0 Å². The summed E-state index contributed by atoms with van der Waals surface area (Å²) < 4.78 is 0. The van der Waals surface area contributed by atoms with Crippen molar-refractivity contribution in [1.82, 2.24) is 0 Å². The van der Waals surface area contributed by atoms with Crippen LogP contribution in [0.1, 0.15) is 218 Å². The van der Waals surface area contributed by atoms with E-state index in [9.17, 15) is 5.11 Å². The third kappa shape index (κ3) is 28.9. The second-order valence-electron chi connectivity index (χ2n) is 13.4. The van der Waals surface area contributed by atoms with Crippen LogP contribution in [0.3, 0.4) is 0 Å². The molecule has 240 valence electrons. The SMILES string of the molecule is CCCCCCCCCCCCCCCCCCCCCCCCCCCCCCCCCCc1ccc(O)cc1. The van der Waals surface area contributed by atoms with Crippen LogP contribution in [0, 0.1) is 0 Å². The molecule has 0 spiro atoms. The third-order valence-electron chi connectivity index (χ3n) is 9.26. The predicted molar refractivity (Wildman–Crippen MR) is 185 cm³/mol. The maximum Gasteiger partial charge on any atom is 0.115 e. The topological polar surface area (TPSA) is 20.2 Å². The molecule has 0 unspecified atom stereocenters. The monoisotopic (exact) mass is 571 g/mol. The van der Waals surface area contributed by atoms with E-state index >= 15 is 0 Å². The smallest absolute Gasteiger partial charge is 0.115 e. The predicted octanol–water partition coefficient (Wildman–Crippen LogP) is 14.4. The molecule has 0 heterocycles. The summed E-state index contributed by atoms with van der Waals surface area (Å²) >= 11 is 0. The van der Waals surface area contributed by atoms with Gasteiger partial charge in [-0.15, -0.1) is 0 Å². The minimum absolute atomic E-state index is 0.375. The minimum Gasteiger partial charge on any atom is -0.508 e. The highest BCUT2D eigenvalue weighted by molar-refractivity contribution is 5.25. The van der Waals surface area contributed by atoms with E-state index in [4.69, 9.17) is 0 Å². The molecule has 1 nitrogen and oxygen atoms in total. The van der Waals surface area contributed by atoms with Crippen LogP contribution in [0.2, 0.25) is 0 Å². The van der Waals surface area contributed by atoms with Crippen LogP contribution in [-0.2, 0) is 6.42 Å². The molecule has 0 saturated heterocycles. The van der Waals surface area contributed by atoms with E-state index in [1.54, 1.807) is 12.1 Å². The summed E-state index contributed by atoms with van der Waals surface area (Å²) in [6, 6.07) is 7.72. The van der Waals surface area contributed by atoms with Crippen molar-refractivity contribution in [3.05, 3.63) is 29.8 Å². The molecule has 0 aromatic heterocycles. The number of phenolic OH excluding ortho intramolecular Hbond substituents is 1. The van der Waals surface area contributed by atoms with Crippen molar-refractivity contribution in [2.45, 2.75) is 219 Å². The number of unbranched alkanes of at least 4 members (excludes halogenated alkanes) is 31. The van der Waals surface area contributed by atoms with E-state index in [-0.39, 0.29) is 0 Å².